The molecule has 76 heavy (non-hydrogen) atoms. The summed E-state index contributed by atoms with van der Waals surface area (Å²) in [6.07, 6.45) is 81.6. The van der Waals surface area contributed by atoms with Gasteiger partial charge in [-0.2, -0.15) is 0 Å². The fourth-order valence-corrected chi connectivity index (χ4v) is 10.1. The van der Waals surface area contributed by atoms with E-state index in [9.17, 15) is 14.4 Å². The van der Waals surface area contributed by atoms with Gasteiger partial charge in [-0.25, -0.2) is 0 Å². The highest BCUT2D eigenvalue weighted by Gasteiger charge is 2.19. The first-order valence-corrected chi connectivity index (χ1v) is 33.6. The van der Waals surface area contributed by atoms with Crippen LogP contribution in [0.15, 0.2) is 48.6 Å². The van der Waals surface area contributed by atoms with Crippen molar-refractivity contribution >= 4 is 17.9 Å². The average Bonchev–Trinajstić information content (AvgIpc) is 3.42. The Hall–Kier alpha value is -2.63. The molecule has 0 aromatic heterocycles. The quantitative estimate of drug-likeness (QED) is 0.0261. The van der Waals surface area contributed by atoms with Crippen molar-refractivity contribution in [3.05, 3.63) is 48.6 Å². The summed E-state index contributed by atoms with van der Waals surface area (Å²) >= 11 is 0. The van der Waals surface area contributed by atoms with Crippen LogP contribution in [0.3, 0.4) is 0 Å². The van der Waals surface area contributed by atoms with Gasteiger partial charge in [0.05, 0.1) is 0 Å². The molecule has 0 saturated heterocycles. The third-order valence-corrected chi connectivity index (χ3v) is 15.1. The number of ether oxygens (including phenoxy) is 3. The van der Waals surface area contributed by atoms with Gasteiger partial charge >= 0.3 is 17.9 Å². The minimum Gasteiger partial charge on any atom is -0.462 e. The van der Waals surface area contributed by atoms with E-state index in [1.54, 1.807) is 0 Å². The predicted octanol–water partition coefficient (Wildman–Crippen LogP) is 22.9. The second-order valence-corrected chi connectivity index (χ2v) is 22.7. The van der Waals surface area contributed by atoms with E-state index in [1.807, 2.05) is 0 Å². The molecule has 0 radical (unpaired) electrons. The van der Waals surface area contributed by atoms with E-state index >= 15 is 0 Å². The molecule has 0 N–H and O–H groups in total. The Labute approximate surface area is 473 Å². The van der Waals surface area contributed by atoms with Crippen LogP contribution in [0.5, 0.6) is 0 Å². The van der Waals surface area contributed by atoms with Crippen molar-refractivity contribution in [1.29, 1.82) is 0 Å². The maximum Gasteiger partial charge on any atom is 0.306 e. The molecule has 0 heterocycles. The Morgan fingerprint density at radius 2 is 0.513 bits per heavy atom. The predicted molar refractivity (Wildman–Crippen MR) is 330 cm³/mol. The molecule has 1 unspecified atom stereocenters. The SMILES string of the molecule is CC/C=C\C/C=C\C/C=C\C/C=C\CCCCC(=O)OC(COC(=O)CCCCCCCCCCCCCCC)COC(=O)CCCCCCCCCCCCCCCCCCCCCCCCCCCCCCCC. The summed E-state index contributed by atoms with van der Waals surface area (Å²) in [4.78, 5) is 38.2. The minimum absolute atomic E-state index is 0.0852. The van der Waals surface area contributed by atoms with Crippen LogP contribution in [0.4, 0.5) is 0 Å². The molecule has 0 rings (SSSR count). The Morgan fingerprint density at radius 1 is 0.276 bits per heavy atom. The number of rotatable bonds is 62. The van der Waals surface area contributed by atoms with Gasteiger partial charge in [0.1, 0.15) is 13.2 Å². The lowest BCUT2D eigenvalue weighted by Crippen LogP contribution is -2.30. The molecule has 0 aliphatic heterocycles. The molecule has 0 aliphatic carbocycles. The van der Waals surface area contributed by atoms with Gasteiger partial charge < -0.3 is 14.2 Å². The first-order chi connectivity index (χ1) is 37.5. The summed E-state index contributed by atoms with van der Waals surface area (Å²) < 4.78 is 16.9. The van der Waals surface area contributed by atoms with Crippen molar-refractivity contribution in [3.63, 3.8) is 0 Å². The standard InChI is InChI=1S/C70H128O6/c1-4-7-10-13-16-19-22-25-27-28-29-30-31-32-33-34-35-36-37-38-39-40-41-43-45-48-51-54-57-60-63-69(72)75-66-67(65-74-68(71)62-59-56-53-50-47-44-24-21-18-15-12-9-6-3)76-70(73)64-61-58-55-52-49-46-42-26-23-20-17-14-11-8-5-2/h8,11,17,20,26,42,49,52,67H,4-7,9-10,12-16,18-19,21-25,27-41,43-48,50-51,53-66H2,1-3H3/b11-8-,20-17-,42-26-,52-49-. The van der Waals surface area contributed by atoms with Crippen LogP contribution in [0, 0.1) is 0 Å². The number of carbonyl (C=O) groups excluding carboxylic acids is 3. The van der Waals surface area contributed by atoms with Gasteiger partial charge in [-0.05, 0) is 57.8 Å². The lowest BCUT2D eigenvalue weighted by molar-refractivity contribution is -0.167. The van der Waals surface area contributed by atoms with Crippen LogP contribution >= 0.6 is 0 Å². The number of hydrogen-bond donors (Lipinski definition) is 0. The fourth-order valence-electron chi connectivity index (χ4n) is 10.1. The van der Waals surface area contributed by atoms with E-state index in [4.69, 9.17) is 14.2 Å². The third-order valence-electron chi connectivity index (χ3n) is 15.1. The van der Waals surface area contributed by atoms with Crippen LogP contribution in [-0.4, -0.2) is 37.2 Å². The third kappa shape index (κ3) is 62.2. The Kier molecular flexibility index (Phi) is 62.6. The highest BCUT2D eigenvalue weighted by molar-refractivity contribution is 5.71. The molecular weight excluding hydrogens is 937 g/mol. The zero-order chi connectivity index (χ0) is 55.0. The number of esters is 3. The van der Waals surface area contributed by atoms with Gasteiger partial charge in [-0.1, -0.05) is 333 Å². The molecule has 1 atom stereocenters. The van der Waals surface area contributed by atoms with Gasteiger partial charge in [0, 0.05) is 19.3 Å². The summed E-state index contributed by atoms with van der Waals surface area (Å²) in [6, 6.07) is 0. The van der Waals surface area contributed by atoms with Gasteiger partial charge in [-0.3, -0.25) is 14.4 Å². The molecule has 0 aromatic carbocycles. The molecule has 0 fully saturated rings. The highest BCUT2D eigenvalue weighted by Crippen LogP contribution is 2.18. The van der Waals surface area contributed by atoms with Crippen LogP contribution in [0.2, 0.25) is 0 Å². The Bertz CT molecular complexity index is 1310. The maximum absolute atomic E-state index is 12.9. The number of allylic oxidation sites excluding steroid dienone is 8. The lowest BCUT2D eigenvalue weighted by Gasteiger charge is -2.18. The number of unbranched alkanes of at least 4 members (excludes halogenated alkanes) is 43. The normalized spacial score (nSPS) is 12.3. The van der Waals surface area contributed by atoms with Crippen molar-refractivity contribution in [2.24, 2.45) is 0 Å². The first-order valence-electron chi connectivity index (χ1n) is 33.6. The summed E-state index contributed by atoms with van der Waals surface area (Å²) in [5.41, 5.74) is 0. The monoisotopic (exact) mass is 1060 g/mol. The van der Waals surface area contributed by atoms with E-state index in [2.05, 4.69) is 69.4 Å². The molecule has 0 amide bonds. The van der Waals surface area contributed by atoms with Crippen molar-refractivity contribution in [1.82, 2.24) is 0 Å². The Morgan fingerprint density at radius 3 is 0.803 bits per heavy atom. The lowest BCUT2D eigenvalue weighted by atomic mass is 10.0. The van der Waals surface area contributed by atoms with Crippen molar-refractivity contribution in [3.8, 4) is 0 Å². The first kappa shape index (κ1) is 73.4. The van der Waals surface area contributed by atoms with Gasteiger partial charge in [0.25, 0.3) is 0 Å². The topological polar surface area (TPSA) is 78.9 Å². The molecule has 6 nitrogen and oxygen atoms in total. The molecule has 444 valence electrons. The second-order valence-electron chi connectivity index (χ2n) is 22.7. The van der Waals surface area contributed by atoms with E-state index in [0.29, 0.717) is 19.3 Å². The summed E-state index contributed by atoms with van der Waals surface area (Å²) in [6.45, 7) is 6.55. The molecule has 0 bridgehead atoms. The summed E-state index contributed by atoms with van der Waals surface area (Å²) in [5, 5.41) is 0. The highest BCUT2D eigenvalue weighted by atomic mass is 16.6. The smallest absolute Gasteiger partial charge is 0.306 e. The van der Waals surface area contributed by atoms with Crippen molar-refractivity contribution in [2.45, 2.75) is 367 Å². The van der Waals surface area contributed by atoms with Crippen LogP contribution in [0.25, 0.3) is 0 Å². The van der Waals surface area contributed by atoms with Gasteiger partial charge in [-0.15, -0.1) is 0 Å². The molecule has 0 saturated carbocycles. The van der Waals surface area contributed by atoms with Gasteiger partial charge in [0.15, 0.2) is 6.10 Å². The molecule has 0 spiro atoms. The largest absolute Gasteiger partial charge is 0.462 e. The zero-order valence-electron chi connectivity index (χ0n) is 51.0. The molecular formula is C70H128O6. The van der Waals surface area contributed by atoms with Crippen molar-refractivity contribution < 1.29 is 28.6 Å². The van der Waals surface area contributed by atoms with E-state index < -0.39 is 6.10 Å². The minimum atomic E-state index is -0.792. The maximum atomic E-state index is 12.9. The summed E-state index contributed by atoms with van der Waals surface area (Å²) in [5.74, 6) is -0.906. The average molecular weight is 1070 g/mol. The molecule has 0 aliphatic rings. The van der Waals surface area contributed by atoms with Crippen molar-refractivity contribution in [2.75, 3.05) is 13.2 Å². The molecule has 6 heteroatoms. The van der Waals surface area contributed by atoms with E-state index in [1.165, 1.54) is 238 Å². The Balaban J connectivity index is 4.15. The van der Waals surface area contributed by atoms with Gasteiger partial charge in [0.2, 0.25) is 0 Å². The van der Waals surface area contributed by atoms with Crippen LogP contribution < -0.4 is 0 Å². The number of hydrogen-bond acceptors (Lipinski definition) is 6. The van der Waals surface area contributed by atoms with E-state index in [-0.39, 0.29) is 37.5 Å². The van der Waals surface area contributed by atoms with E-state index in [0.717, 1.165) is 77.0 Å². The zero-order valence-corrected chi connectivity index (χ0v) is 51.0. The van der Waals surface area contributed by atoms with Crippen LogP contribution in [-0.2, 0) is 28.6 Å². The fraction of sp³-hybridized carbons (Fsp3) is 0.843. The number of carbonyl (C=O) groups is 3. The summed E-state index contributed by atoms with van der Waals surface area (Å²) in [7, 11) is 0. The van der Waals surface area contributed by atoms with Crippen LogP contribution in [0.1, 0.15) is 361 Å². The second kappa shape index (κ2) is 64.9. The molecule has 0 aromatic rings.